The lowest BCUT2D eigenvalue weighted by Gasteiger charge is -2.31. The smallest absolute Gasteiger partial charge is 0.230 e. The Kier molecular flexibility index (Phi) is 4.61. The van der Waals surface area contributed by atoms with Crippen molar-refractivity contribution in [3.8, 4) is 0 Å². The van der Waals surface area contributed by atoms with Crippen LogP contribution in [0.1, 0.15) is 36.7 Å². The molecule has 1 aromatic carbocycles. The van der Waals surface area contributed by atoms with E-state index in [-0.39, 0.29) is 18.2 Å². The number of nitrogens with zero attached hydrogens (tertiary/aromatic N) is 2. The van der Waals surface area contributed by atoms with Crippen LogP contribution in [0, 0.1) is 19.3 Å². The van der Waals surface area contributed by atoms with Crippen LogP contribution in [0.2, 0.25) is 0 Å². The molecule has 2 N–H and O–H groups in total. The minimum Gasteiger partial charge on any atom is -0.356 e. The zero-order valence-corrected chi connectivity index (χ0v) is 14.9. The fourth-order valence-corrected chi connectivity index (χ4v) is 3.21. The summed E-state index contributed by atoms with van der Waals surface area (Å²) < 4.78 is 1.95. The Morgan fingerprint density at radius 1 is 1.36 bits per heavy atom. The predicted molar refractivity (Wildman–Crippen MR) is 96.2 cm³/mol. The molecule has 2 heterocycles. The maximum Gasteiger partial charge on any atom is 0.230 e. The average molecular weight is 340 g/mol. The molecule has 3 rings (SSSR count). The predicted octanol–water partition coefficient (Wildman–Crippen LogP) is 2.40. The first-order valence-electron chi connectivity index (χ1n) is 8.54. The number of nitrogens with one attached hydrogen (secondary N) is 2. The first-order valence-corrected chi connectivity index (χ1v) is 8.54. The van der Waals surface area contributed by atoms with E-state index in [1.165, 1.54) is 0 Å². The van der Waals surface area contributed by atoms with Crippen molar-refractivity contribution in [2.45, 2.75) is 40.2 Å². The molecule has 1 unspecified atom stereocenters. The molecule has 1 aliphatic rings. The Balaban J connectivity index is 1.72. The van der Waals surface area contributed by atoms with Crippen LogP contribution < -0.4 is 10.6 Å². The van der Waals surface area contributed by atoms with Crippen LogP contribution in [0.15, 0.2) is 30.3 Å². The van der Waals surface area contributed by atoms with Crippen molar-refractivity contribution in [3.63, 3.8) is 0 Å². The van der Waals surface area contributed by atoms with Crippen molar-refractivity contribution in [2.75, 3.05) is 11.9 Å². The SMILES string of the molecule is Cc1cc(C)n(Cc2cccc(NC(=O)C3(C)CCNC(=O)C3)c2)n1. The van der Waals surface area contributed by atoms with Crippen molar-refractivity contribution in [1.29, 1.82) is 0 Å². The molecule has 0 bridgehead atoms. The lowest BCUT2D eigenvalue weighted by molar-refractivity contribution is -0.134. The van der Waals surface area contributed by atoms with Gasteiger partial charge in [0.25, 0.3) is 0 Å². The molecule has 1 fully saturated rings. The number of anilines is 1. The third-order valence-electron chi connectivity index (χ3n) is 4.72. The molecular weight excluding hydrogens is 316 g/mol. The maximum absolute atomic E-state index is 12.7. The zero-order valence-electron chi connectivity index (χ0n) is 14.9. The first-order chi connectivity index (χ1) is 11.9. The molecule has 1 aliphatic heterocycles. The van der Waals surface area contributed by atoms with E-state index in [9.17, 15) is 9.59 Å². The molecule has 0 aliphatic carbocycles. The van der Waals surface area contributed by atoms with E-state index < -0.39 is 5.41 Å². The highest BCUT2D eigenvalue weighted by Crippen LogP contribution is 2.30. The normalized spacial score (nSPS) is 20.2. The van der Waals surface area contributed by atoms with E-state index in [2.05, 4.69) is 15.7 Å². The van der Waals surface area contributed by atoms with Crippen LogP contribution in [0.4, 0.5) is 5.69 Å². The van der Waals surface area contributed by atoms with Crippen molar-refractivity contribution in [1.82, 2.24) is 15.1 Å². The fourth-order valence-electron chi connectivity index (χ4n) is 3.21. The van der Waals surface area contributed by atoms with Crippen molar-refractivity contribution in [2.24, 2.45) is 5.41 Å². The monoisotopic (exact) mass is 340 g/mol. The van der Waals surface area contributed by atoms with E-state index in [1.54, 1.807) is 0 Å². The summed E-state index contributed by atoms with van der Waals surface area (Å²) in [6.45, 7) is 7.05. The highest BCUT2D eigenvalue weighted by Gasteiger charge is 2.38. The second-order valence-electron chi connectivity index (χ2n) is 7.08. The minimum absolute atomic E-state index is 0.0674. The Hall–Kier alpha value is -2.63. The number of hydrogen-bond donors (Lipinski definition) is 2. The molecule has 0 saturated carbocycles. The Morgan fingerprint density at radius 2 is 2.16 bits per heavy atom. The van der Waals surface area contributed by atoms with Gasteiger partial charge in [-0.15, -0.1) is 0 Å². The summed E-state index contributed by atoms with van der Waals surface area (Å²) in [6, 6.07) is 9.81. The number of aryl methyl sites for hydroxylation is 2. The van der Waals surface area contributed by atoms with Gasteiger partial charge in [0.1, 0.15) is 0 Å². The molecule has 0 spiro atoms. The number of amides is 2. The third-order valence-corrected chi connectivity index (χ3v) is 4.72. The Labute approximate surface area is 147 Å². The highest BCUT2D eigenvalue weighted by atomic mass is 16.2. The van der Waals surface area contributed by atoms with E-state index in [0.717, 1.165) is 22.6 Å². The second kappa shape index (κ2) is 6.70. The number of hydrogen-bond acceptors (Lipinski definition) is 3. The highest BCUT2D eigenvalue weighted by molar-refractivity contribution is 5.98. The van der Waals surface area contributed by atoms with Crippen LogP contribution in [0.5, 0.6) is 0 Å². The average Bonchev–Trinajstić information content (AvgIpc) is 2.85. The van der Waals surface area contributed by atoms with E-state index in [1.807, 2.05) is 55.8 Å². The lowest BCUT2D eigenvalue weighted by atomic mass is 9.79. The van der Waals surface area contributed by atoms with Gasteiger partial charge in [0, 0.05) is 24.3 Å². The fraction of sp³-hybridized carbons (Fsp3) is 0.421. The molecule has 1 saturated heterocycles. The van der Waals surface area contributed by atoms with Gasteiger partial charge in [-0.05, 0) is 44.0 Å². The van der Waals surface area contributed by atoms with Gasteiger partial charge in [0.15, 0.2) is 0 Å². The Morgan fingerprint density at radius 3 is 2.84 bits per heavy atom. The number of aromatic nitrogens is 2. The summed E-state index contributed by atoms with van der Waals surface area (Å²) in [5, 5.41) is 10.2. The van der Waals surface area contributed by atoms with Crippen molar-refractivity contribution >= 4 is 17.5 Å². The number of carbonyl (C=O) groups excluding carboxylic acids is 2. The minimum atomic E-state index is -0.659. The molecule has 2 aromatic rings. The quantitative estimate of drug-likeness (QED) is 0.897. The van der Waals surface area contributed by atoms with Gasteiger partial charge < -0.3 is 10.6 Å². The largest absolute Gasteiger partial charge is 0.356 e. The van der Waals surface area contributed by atoms with Crippen molar-refractivity contribution in [3.05, 3.63) is 47.3 Å². The molecular formula is C19H24N4O2. The number of piperidine rings is 1. The molecule has 25 heavy (non-hydrogen) atoms. The van der Waals surface area contributed by atoms with Gasteiger partial charge in [0.05, 0.1) is 17.7 Å². The summed E-state index contributed by atoms with van der Waals surface area (Å²) in [6.07, 6.45) is 0.875. The first kappa shape index (κ1) is 17.2. The Bertz CT molecular complexity index is 812. The zero-order chi connectivity index (χ0) is 18.0. The maximum atomic E-state index is 12.7. The van der Waals surface area contributed by atoms with Crippen LogP contribution in [0.25, 0.3) is 0 Å². The molecule has 1 aromatic heterocycles. The summed E-state index contributed by atoms with van der Waals surface area (Å²) in [5.41, 5.74) is 3.25. The number of benzene rings is 1. The van der Waals surface area contributed by atoms with E-state index in [4.69, 9.17) is 0 Å². The summed E-state index contributed by atoms with van der Waals surface area (Å²) in [7, 11) is 0. The van der Waals surface area contributed by atoms with Gasteiger partial charge in [-0.25, -0.2) is 0 Å². The molecule has 2 amide bonds. The standard InChI is InChI=1S/C19H24N4O2/c1-13-9-14(2)23(22-13)12-15-5-4-6-16(10-15)21-18(25)19(3)7-8-20-17(24)11-19/h4-6,9-10H,7-8,11-12H2,1-3H3,(H,20,24)(H,21,25). The summed E-state index contributed by atoms with van der Waals surface area (Å²) in [5.74, 6) is -0.173. The van der Waals surface area contributed by atoms with Gasteiger partial charge in [-0.2, -0.15) is 5.10 Å². The van der Waals surface area contributed by atoms with Crippen LogP contribution in [-0.4, -0.2) is 28.1 Å². The molecule has 132 valence electrons. The van der Waals surface area contributed by atoms with Crippen LogP contribution >= 0.6 is 0 Å². The number of rotatable bonds is 4. The molecule has 6 nitrogen and oxygen atoms in total. The lowest BCUT2D eigenvalue weighted by Crippen LogP contribution is -2.45. The van der Waals surface area contributed by atoms with Gasteiger partial charge in [-0.1, -0.05) is 19.1 Å². The van der Waals surface area contributed by atoms with Gasteiger partial charge in [0.2, 0.25) is 11.8 Å². The summed E-state index contributed by atoms with van der Waals surface area (Å²) >= 11 is 0. The van der Waals surface area contributed by atoms with Crippen LogP contribution in [-0.2, 0) is 16.1 Å². The molecule has 0 radical (unpaired) electrons. The van der Waals surface area contributed by atoms with Crippen LogP contribution in [0.3, 0.4) is 0 Å². The third kappa shape index (κ3) is 3.90. The molecule has 6 heteroatoms. The number of carbonyl (C=O) groups is 2. The topological polar surface area (TPSA) is 76.0 Å². The summed E-state index contributed by atoms with van der Waals surface area (Å²) in [4.78, 5) is 24.3. The van der Waals surface area contributed by atoms with E-state index >= 15 is 0 Å². The van der Waals surface area contributed by atoms with Gasteiger partial charge >= 0.3 is 0 Å². The molecule has 1 atom stereocenters. The van der Waals surface area contributed by atoms with Crippen molar-refractivity contribution < 1.29 is 9.59 Å². The van der Waals surface area contributed by atoms with Gasteiger partial charge in [-0.3, -0.25) is 14.3 Å². The van der Waals surface area contributed by atoms with E-state index in [0.29, 0.717) is 19.5 Å². The second-order valence-corrected chi connectivity index (χ2v) is 7.08.